The average Bonchev–Trinajstić information content (AvgIpc) is 2.83. The Bertz CT molecular complexity index is 1350. The number of pyridine rings is 1. The van der Waals surface area contributed by atoms with E-state index in [9.17, 15) is 9.59 Å². The highest BCUT2D eigenvalue weighted by atomic mass is 32.2. The standard InChI is InChI=1S/C26H26N4O2S/c1-4-19-9-11-20(12-10-19)18(3)28-24(31)16-33-26-29-22-8-6-5-7-21(22)25(32)30(26)23-15-17(2)13-14-27-23/h5-15,18H,4,16H2,1-3H3,(H,28,31). The molecule has 0 fully saturated rings. The Morgan fingerprint density at radius 3 is 2.61 bits per heavy atom. The first-order chi connectivity index (χ1) is 16.0. The molecule has 1 atom stereocenters. The van der Waals surface area contributed by atoms with Gasteiger partial charge in [0.15, 0.2) is 5.16 Å². The topological polar surface area (TPSA) is 76.9 Å². The van der Waals surface area contributed by atoms with Crippen molar-refractivity contribution in [3.8, 4) is 5.82 Å². The SMILES string of the molecule is CCc1ccc(C(C)NC(=O)CSc2nc3ccccc3c(=O)n2-c2cc(C)ccn2)cc1. The summed E-state index contributed by atoms with van der Waals surface area (Å²) in [6.07, 6.45) is 2.65. The van der Waals surface area contributed by atoms with Crippen LogP contribution in [-0.4, -0.2) is 26.2 Å². The molecule has 168 valence electrons. The first-order valence-corrected chi connectivity index (χ1v) is 11.9. The number of hydrogen-bond acceptors (Lipinski definition) is 5. The van der Waals surface area contributed by atoms with Crippen LogP contribution in [0.4, 0.5) is 0 Å². The number of hydrogen-bond donors (Lipinski definition) is 1. The third-order valence-electron chi connectivity index (χ3n) is 5.47. The van der Waals surface area contributed by atoms with Crippen molar-refractivity contribution in [3.63, 3.8) is 0 Å². The van der Waals surface area contributed by atoms with Crippen LogP contribution in [0.3, 0.4) is 0 Å². The smallest absolute Gasteiger partial charge is 0.267 e. The molecule has 2 aromatic heterocycles. The summed E-state index contributed by atoms with van der Waals surface area (Å²) in [5.74, 6) is 0.498. The summed E-state index contributed by atoms with van der Waals surface area (Å²) in [5, 5.41) is 3.98. The molecule has 0 saturated carbocycles. The Morgan fingerprint density at radius 2 is 1.88 bits per heavy atom. The van der Waals surface area contributed by atoms with Crippen molar-refractivity contribution < 1.29 is 4.79 Å². The Hall–Kier alpha value is -3.45. The number of benzene rings is 2. The van der Waals surface area contributed by atoms with Crippen LogP contribution in [0.25, 0.3) is 16.7 Å². The summed E-state index contributed by atoms with van der Waals surface area (Å²) in [5.41, 5.74) is 3.69. The zero-order chi connectivity index (χ0) is 23.4. The number of aryl methyl sites for hydroxylation is 2. The molecule has 1 amide bonds. The van der Waals surface area contributed by atoms with E-state index in [0.29, 0.717) is 21.9 Å². The molecule has 0 aliphatic rings. The fourth-order valence-electron chi connectivity index (χ4n) is 3.59. The molecule has 6 nitrogen and oxygen atoms in total. The fourth-order valence-corrected chi connectivity index (χ4v) is 4.40. The van der Waals surface area contributed by atoms with Gasteiger partial charge < -0.3 is 5.32 Å². The molecule has 4 rings (SSSR count). The number of nitrogens with one attached hydrogen (secondary N) is 1. The van der Waals surface area contributed by atoms with Gasteiger partial charge in [0, 0.05) is 6.20 Å². The van der Waals surface area contributed by atoms with Gasteiger partial charge in [-0.2, -0.15) is 0 Å². The number of thioether (sulfide) groups is 1. The lowest BCUT2D eigenvalue weighted by Gasteiger charge is -2.16. The van der Waals surface area contributed by atoms with Gasteiger partial charge in [0.1, 0.15) is 5.82 Å². The highest BCUT2D eigenvalue weighted by Gasteiger charge is 2.17. The van der Waals surface area contributed by atoms with Crippen molar-refractivity contribution in [2.24, 2.45) is 0 Å². The number of rotatable bonds is 7. The molecule has 0 aliphatic carbocycles. The van der Waals surface area contributed by atoms with Gasteiger partial charge in [-0.3, -0.25) is 9.59 Å². The van der Waals surface area contributed by atoms with Gasteiger partial charge in [-0.05, 0) is 61.2 Å². The molecule has 0 aliphatic heterocycles. The molecular formula is C26H26N4O2S. The maximum absolute atomic E-state index is 13.3. The van der Waals surface area contributed by atoms with E-state index in [1.54, 1.807) is 18.3 Å². The molecule has 2 aromatic carbocycles. The Kier molecular flexibility index (Phi) is 6.89. The summed E-state index contributed by atoms with van der Waals surface area (Å²) >= 11 is 1.23. The second-order valence-corrected chi connectivity index (χ2v) is 8.86. The van der Waals surface area contributed by atoms with Crippen molar-refractivity contribution in [3.05, 3.63) is 93.9 Å². The summed E-state index contributed by atoms with van der Waals surface area (Å²) < 4.78 is 1.49. The Labute approximate surface area is 197 Å². The largest absolute Gasteiger partial charge is 0.349 e. The van der Waals surface area contributed by atoms with Gasteiger partial charge in [0.2, 0.25) is 5.91 Å². The lowest BCUT2D eigenvalue weighted by atomic mass is 10.1. The van der Waals surface area contributed by atoms with Crippen molar-refractivity contribution in [1.29, 1.82) is 0 Å². The van der Waals surface area contributed by atoms with Crippen LogP contribution < -0.4 is 10.9 Å². The van der Waals surface area contributed by atoms with E-state index >= 15 is 0 Å². The van der Waals surface area contributed by atoms with Crippen LogP contribution in [0.1, 0.15) is 36.6 Å². The minimum Gasteiger partial charge on any atom is -0.349 e. The average molecular weight is 459 g/mol. The van der Waals surface area contributed by atoms with Crippen LogP contribution in [0.5, 0.6) is 0 Å². The van der Waals surface area contributed by atoms with E-state index in [0.717, 1.165) is 17.5 Å². The first-order valence-electron chi connectivity index (χ1n) is 10.9. The highest BCUT2D eigenvalue weighted by Crippen LogP contribution is 2.21. The zero-order valence-electron chi connectivity index (χ0n) is 18.9. The second-order valence-electron chi connectivity index (χ2n) is 7.92. The van der Waals surface area contributed by atoms with E-state index in [1.807, 2.05) is 50.2 Å². The quantitative estimate of drug-likeness (QED) is 0.323. The fraction of sp³-hybridized carbons (Fsp3) is 0.231. The Balaban J connectivity index is 1.58. The highest BCUT2D eigenvalue weighted by molar-refractivity contribution is 7.99. The molecule has 7 heteroatoms. The number of carbonyl (C=O) groups is 1. The van der Waals surface area contributed by atoms with E-state index < -0.39 is 0 Å². The van der Waals surface area contributed by atoms with Gasteiger partial charge >= 0.3 is 0 Å². The van der Waals surface area contributed by atoms with Crippen LogP contribution in [0.15, 0.2) is 76.8 Å². The molecule has 33 heavy (non-hydrogen) atoms. The number of fused-ring (bicyclic) bond motifs is 1. The molecule has 0 spiro atoms. The molecule has 0 radical (unpaired) electrons. The molecule has 1 unspecified atom stereocenters. The summed E-state index contributed by atoms with van der Waals surface area (Å²) in [4.78, 5) is 35.1. The van der Waals surface area contributed by atoms with Crippen LogP contribution in [-0.2, 0) is 11.2 Å². The van der Waals surface area contributed by atoms with Crippen molar-refractivity contribution in [1.82, 2.24) is 19.9 Å². The van der Waals surface area contributed by atoms with Crippen molar-refractivity contribution in [2.45, 2.75) is 38.4 Å². The number of amides is 1. The third kappa shape index (κ3) is 5.14. The number of nitrogens with zero attached hydrogens (tertiary/aromatic N) is 3. The number of para-hydroxylation sites is 1. The van der Waals surface area contributed by atoms with E-state index in [4.69, 9.17) is 0 Å². The third-order valence-corrected chi connectivity index (χ3v) is 6.41. The molecule has 4 aromatic rings. The van der Waals surface area contributed by atoms with Crippen molar-refractivity contribution >= 4 is 28.6 Å². The second kappa shape index (κ2) is 10.0. The number of carbonyl (C=O) groups excluding carboxylic acids is 1. The van der Waals surface area contributed by atoms with Gasteiger partial charge in [-0.15, -0.1) is 0 Å². The van der Waals surface area contributed by atoms with Gasteiger partial charge in [-0.1, -0.05) is 55.1 Å². The summed E-state index contributed by atoms with van der Waals surface area (Å²) in [7, 11) is 0. The number of aromatic nitrogens is 3. The van der Waals surface area contributed by atoms with E-state index in [1.165, 1.54) is 21.9 Å². The summed E-state index contributed by atoms with van der Waals surface area (Å²) in [6, 6.07) is 19.1. The maximum Gasteiger partial charge on any atom is 0.267 e. The van der Waals surface area contributed by atoms with Crippen LogP contribution in [0, 0.1) is 6.92 Å². The van der Waals surface area contributed by atoms with Crippen molar-refractivity contribution in [2.75, 3.05) is 5.75 Å². The molecule has 1 N–H and O–H groups in total. The lowest BCUT2D eigenvalue weighted by molar-refractivity contribution is -0.119. The van der Waals surface area contributed by atoms with Crippen LogP contribution in [0.2, 0.25) is 0 Å². The molecule has 0 bridgehead atoms. The lowest BCUT2D eigenvalue weighted by Crippen LogP contribution is -2.29. The Morgan fingerprint density at radius 1 is 1.12 bits per heavy atom. The molecule has 0 saturated heterocycles. The predicted molar refractivity (Wildman–Crippen MR) is 133 cm³/mol. The van der Waals surface area contributed by atoms with Crippen LogP contribution >= 0.6 is 11.8 Å². The minimum atomic E-state index is -0.203. The maximum atomic E-state index is 13.3. The first kappa shape index (κ1) is 22.7. The molecular weight excluding hydrogens is 432 g/mol. The zero-order valence-corrected chi connectivity index (χ0v) is 19.7. The summed E-state index contributed by atoms with van der Waals surface area (Å²) in [6.45, 7) is 6.02. The normalized spacial score (nSPS) is 12.0. The molecule has 2 heterocycles. The van der Waals surface area contributed by atoms with Gasteiger partial charge in [-0.25, -0.2) is 14.5 Å². The minimum absolute atomic E-state index is 0.116. The van der Waals surface area contributed by atoms with Gasteiger partial charge in [0.25, 0.3) is 5.56 Å². The monoisotopic (exact) mass is 458 g/mol. The van der Waals surface area contributed by atoms with E-state index in [2.05, 4.69) is 34.3 Å². The van der Waals surface area contributed by atoms with E-state index in [-0.39, 0.29) is 23.3 Å². The predicted octanol–water partition coefficient (Wildman–Crippen LogP) is 4.62. The van der Waals surface area contributed by atoms with Gasteiger partial charge in [0.05, 0.1) is 22.7 Å².